The van der Waals surface area contributed by atoms with Gasteiger partial charge in [-0.15, -0.1) is 0 Å². The average molecular weight is 483 g/mol. The maximum Gasteiger partial charge on any atom is 0.262 e. The van der Waals surface area contributed by atoms with Gasteiger partial charge in [0, 0.05) is 37.9 Å². The Bertz CT molecular complexity index is 1250. The summed E-state index contributed by atoms with van der Waals surface area (Å²) in [4.78, 5) is 59.5. The molecule has 1 atom stereocenters. The van der Waals surface area contributed by atoms with E-state index < -0.39 is 17.9 Å². The van der Waals surface area contributed by atoms with Crippen LogP contribution in [-0.2, 0) is 11.2 Å². The monoisotopic (exact) mass is 482 g/mol. The van der Waals surface area contributed by atoms with Gasteiger partial charge in [0.25, 0.3) is 17.7 Å². The lowest BCUT2D eigenvalue weighted by Gasteiger charge is -2.36. The Balaban J connectivity index is 1.31. The lowest BCUT2D eigenvalue weighted by molar-refractivity contribution is -0.136. The van der Waals surface area contributed by atoms with E-state index in [0.717, 1.165) is 10.5 Å². The molecule has 0 spiro atoms. The Hall–Kier alpha value is -4.33. The normalized spacial score (nSPS) is 16.6. The fraction of sp³-hybridized carbons (Fsp3) is 0.250. The molecule has 1 saturated heterocycles. The van der Waals surface area contributed by atoms with E-state index in [-0.39, 0.29) is 24.3 Å². The molecule has 0 saturated carbocycles. The molecule has 2 aromatic carbocycles. The molecule has 182 valence electrons. The Morgan fingerprint density at radius 1 is 0.889 bits per heavy atom. The first kappa shape index (κ1) is 23.4. The van der Waals surface area contributed by atoms with Crippen LogP contribution < -0.4 is 5.32 Å². The van der Waals surface area contributed by atoms with Gasteiger partial charge in [0.05, 0.1) is 16.7 Å². The first-order valence-electron chi connectivity index (χ1n) is 12.0. The molecule has 0 bridgehead atoms. The van der Waals surface area contributed by atoms with Crippen molar-refractivity contribution < 1.29 is 19.2 Å². The summed E-state index contributed by atoms with van der Waals surface area (Å²) in [5, 5.41) is 3.01. The summed E-state index contributed by atoms with van der Waals surface area (Å²) in [6, 6.07) is 18.5. The number of amides is 4. The van der Waals surface area contributed by atoms with Gasteiger partial charge in [0.2, 0.25) is 5.91 Å². The van der Waals surface area contributed by atoms with Gasteiger partial charge in [0.1, 0.15) is 6.04 Å². The second kappa shape index (κ2) is 10.1. The maximum absolute atomic E-state index is 13.8. The van der Waals surface area contributed by atoms with Crippen LogP contribution in [0.4, 0.5) is 0 Å². The molecular formula is C28H26N4O4. The first-order valence-corrected chi connectivity index (χ1v) is 12.0. The number of aromatic nitrogens is 1. The fourth-order valence-corrected chi connectivity index (χ4v) is 4.84. The molecule has 1 fully saturated rings. The number of fused-ring (bicyclic) bond motifs is 1. The minimum Gasteiger partial charge on any atom is -0.349 e. The van der Waals surface area contributed by atoms with Crippen LogP contribution in [0.15, 0.2) is 79.1 Å². The number of benzene rings is 2. The number of pyridine rings is 1. The van der Waals surface area contributed by atoms with Crippen LogP contribution in [0.5, 0.6) is 0 Å². The number of carbonyl (C=O) groups excluding carboxylic acids is 4. The molecule has 2 aliphatic rings. The molecule has 3 aromatic rings. The highest BCUT2D eigenvalue weighted by molar-refractivity contribution is 6.22. The molecule has 3 heterocycles. The van der Waals surface area contributed by atoms with E-state index in [0.29, 0.717) is 42.6 Å². The third-order valence-corrected chi connectivity index (χ3v) is 6.76. The molecule has 8 heteroatoms. The van der Waals surface area contributed by atoms with Gasteiger partial charge in [-0.2, -0.15) is 0 Å². The van der Waals surface area contributed by atoms with Crippen LogP contribution in [-0.4, -0.2) is 63.6 Å². The quantitative estimate of drug-likeness (QED) is 0.545. The number of rotatable bonds is 6. The van der Waals surface area contributed by atoms with E-state index in [2.05, 4.69) is 10.3 Å². The highest BCUT2D eigenvalue weighted by Crippen LogP contribution is 2.27. The largest absolute Gasteiger partial charge is 0.349 e. The van der Waals surface area contributed by atoms with E-state index in [1.165, 1.54) is 6.20 Å². The molecule has 4 amide bonds. The average Bonchev–Trinajstić information content (AvgIpc) is 3.18. The van der Waals surface area contributed by atoms with Crippen molar-refractivity contribution in [3.8, 4) is 0 Å². The van der Waals surface area contributed by atoms with Crippen LogP contribution in [0.1, 0.15) is 49.5 Å². The van der Waals surface area contributed by atoms with Gasteiger partial charge < -0.3 is 10.2 Å². The summed E-state index contributed by atoms with van der Waals surface area (Å²) >= 11 is 0. The van der Waals surface area contributed by atoms with Crippen LogP contribution in [0, 0.1) is 0 Å². The summed E-state index contributed by atoms with van der Waals surface area (Å²) < 4.78 is 0. The van der Waals surface area contributed by atoms with Crippen molar-refractivity contribution in [2.75, 3.05) is 13.1 Å². The smallest absolute Gasteiger partial charge is 0.262 e. The van der Waals surface area contributed by atoms with Gasteiger partial charge in [-0.1, -0.05) is 42.5 Å². The molecule has 0 radical (unpaired) electrons. The van der Waals surface area contributed by atoms with Crippen molar-refractivity contribution in [3.05, 3.63) is 101 Å². The van der Waals surface area contributed by atoms with E-state index in [4.69, 9.17) is 0 Å². The van der Waals surface area contributed by atoms with Crippen molar-refractivity contribution >= 4 is 23.6 Å². The van der Waals surface area contributed by atoms with Gasteiger partial charge in [-0.25, -0.2) is 0 Å². The van der Waals surface area contributed by atoms with Gasteiger partial charge in [-0.3, -0.25) is 29.1 Å². The number of imide groups is 1. The Morgan fingerprint density at radius 2 is 1.53 bits per heavy atom. The predicted octanol–water partition coefficient (Wildman–Crippen LogP) is 2.71. The molecule has 1 unspecified atom stereocenters. The Morgan fingerprint density at radius 3 is 2.14 bits per heavy atom. The fourth-order valence-electron chi connectivity index (χ4n) is 4.84. The molecule has 5 rings (SSSR count). The highest BCUT2D eigenvalue weighted by atomic mass is 16.2. The Labute approximate surface area is 208 Å². The Kier molecular flexibility index (Phi) is 6.58. The molecule has 2 aliphatic heterocycles. The number of hydrogen-bond donors (Lipinski definition) is 1. The van der Waals surface area contributed by atoms with Gasteiger partial charge in [0.15, 0.2) is 0 Å². The summed E-state index contributed by atoms with van der Waals surface area (Å²) in [6.45, 7) is 0.844. The topological polar surface area (TPSA) is 99.7 Å². The lowest BCUT2D eigenvalue weighted by atomic mass is 10.00. The zero-order valence-electron chi connectivity index (χ0n) is 19.7. The third-order valence-electron chi connectivity index (χ3n) is 6.76. The van der Waals surface area contributed by atoms with E-state index >= 15 is 0 Å². The van der Waals surface area contributed by atoms with Gasteiger partial charge in [-0.05, 0) is 42.7 Å². The molecule has 8 nitrogen and oxygen atoms in total. The van der Waals surface area contributed by atoms with Crippen LogP contribution in [0.3, 0.4) is 0 Å². The summed E-state index contributed by atoms with van der Waals surface area (Å²) in [7, 11) is 0. The van der Waals surface area contributed by atoms with E-state index in [1.807, 2.05) is 30.3 Å². The highest BCUT2D eigenvalue weighted by Gasteiger charge is 2.44. The molecule has 1 N–H and O–H groups in total. The molecule has 36 heavy (non-hydrogen) atoms. The van der Waals surface area contributed by atoms with Crippen molar-refractivity contribution in [1.29, 1.82) is 0 Å². The van der Waals surface area contributed by atoms with Gasteiger partial charge >= 0.3 is 0 Å². The third kappa shape index (κ3) is 4.62. The zero-order valence-corrected chi connectivity index (χ0v) is 19.7. The number of nitrogens with zero attached hydrogens (tertiary/aromatic N) is 3. The number of nitrogens with one attached hydrogen (secondary N) is 1. The SMILES string of the molecule is O=C(NC1CCN(C(=O)C(Cc2ccccc2)N2C(=O)c3ccccc3C2=O)CC1)c1cccnc1. The molecule has 1 aromatic heterocycles. The number of piperidine rings is 1. The van der Waals surface area contributed by atoms with Crippen LogP contribution >= 0.6 is 0 Å². The summed E-state index contributed by atoms with van der Waals surface area (Å²) in [5.41, 5.74) is 2.01. The second-order valence-electron chi connectivity index (χ2n) is 9.05. The van der Waals surface area contributed by atoms with E-state index in [1.54, 1.807) is 47.5 Å². The standard InChI is InChI=1S/C28H26N4O4/c33-25(20-9-6-14-29-18-20)30-21-12-15-31(16-13-21)28(36)24(17-19-7-2-1-3-8-19)32-26(34)22-10-4-5-11-23(22)27(32)35/h1-11,14,18,21,24H,12-13,15-17H2,(H,30,33). The zero-order chi connectivity index (χ0) is 25.1. The predicted molar refractivity (Wildman–Crippen MR) is 132 cm³/mol. The van der Waals surface area contributed by atoms with Crippen molar-refractivity contribution in [2.45, 2.75) is 31.3 Å². The van der Waals surface area contributed by atoms with E-state index in [9.17, 15) is 19.2 Å². The van der Waals surface area contributed by atoms with Crippen LogP contribution in [0.2, 0.25) is 0 Å². The number of hydrogen-bond acceptors (Lipinski definition) is 5. The molecular weight excluding hydrogens is 456 g/mol. The van der Waals surface area contributed by atoms with Crippen LogP contribution in [0.25, 0.3) is 0 Å². The summed E-state index contributed by atoms with van der Waals surface area (Å²) in [6.07, 6.45) is 4.53. The molecule has 0 aliphatic carbocycles. The lowest BCUT2D eigenvalue weighted by Crippen LogP contribution is -2.55. The second-order valence-corrected chi connectivity index (χ2v) is 9.05. The minimum absolute atomic E-state index is 0.0753. The minimum atomic E-state index is -0.943. The van der Waals surface area contributed by atoms with Crippen molar-refractivity contribution in [1.82, 2.24) is 20.1 Å². The number of carbonyl (C=O) groups is 4. The van der Waals surface area contributed by atoms with Crippen molar-refractivity contribution in [3.63, 3.8) is 0 Å². The van der Waals surface area contributed by atoms with Crippen molar-refractivity contribution in [2.24, 2.45) is 0 Å². The maximum atomic E-state index is 13.8. The number of likely N-dealkylation sites (tertiary alicyclic amines) is 1. The first-order chi connectivity index (χ1) is 17.5. The summed E-state index contributed by atoms with van der Waals surface area (Å²) in [5.74, 6) is -1.33.